The van der Waals surface area contributed by atoms with E-state index in [4.69, 9.17) is 5.48 Å². The van der Waals surface area contributed by atoms with E-state index in [-0.39, 0.29) is 5.56 Å². The minimum Gasteiger partial charge on any atom is -0.256 e. The molecule has 2 heterocycles. The summed E-state index contributed by atoms with van der Waals surface area (Å²) in [6.07, 6.45) is 6.30. The number of thiophene rings is 1. The summed E-state index contributed by atoms with van der Waals surface area (Å²) in [5, 5.41) is 2.39. The monoisotopic (exact) mass is 451 g/mol. The first-order chi connectivity index (χ1) is 17.6. The van der Waals surface area contributed by atoms with E-state index >= 15 is 0 Å². The minimum atomic E-state index is -2.30. The molecule has 0 saturated carbocycles. The maximum Gasteiger partial charge on any atom is 0.0705 e. The van der Waals surface area contributed by atoms with Gasteiger partial charge in [-0.15, -0.1) is 11.3 Å². The van der Waals surface area contributed by atoms with Gasteiger partial charge in [-0.2, -0.15) is 0 Å². The third-order valence-corrected chi connectivity index (χ3v) is 8.05. The molecule has 164 valence electrons. The third-order valence-electron chi connectivity index (χ3n) is 6.92. The van der Waals surface area contributed by atoms with Gasteiger partial charge in [-0.25, -0.2) is 0 Å². The second-order valence-electron chi connectivity index (χ2n) is 9.29. The summed E-state index contributed by atoms with van der Waals surface area (Å²) in [4.78, 5) is 4.52. The number of fused-ring (bicyclic) bond motifs is 4. The second kappa shape index (κ2) is 8.11. The maximum atomic E-state index is 8.54. The van der Waals surface area contributed by atoms with Gasteiger partial charge in [0.15, 0.2) is 0 Å². The van der Waals surface area contributed by atoms with Crippen molar-refractivity contribution in [3.05, 3.63) is 89.1 Å². The van der Waals surface area contributed by atoms with Crippen LogP contribution in [0.2, 0.25) is 0 Å². The van der Waals surface area contributed by atoms with E-state index in [1.807, 2.05) is 6.07 Å². The number of aromatic nitrogens is 1. The molecular weight excluding hydrogens is 418 g/mol. The summed E-state index contributed by atoms with van der Waals surface area (Å²) >= 11 is 1.80. The van der Waals surface area contributed by atoms with Crippen molar-refractivity contribution < 1.29 is 5.48 Å². The van der Waals surface area contributed by atoms with Crippen LogP contribution >= 0.6 is 11.3 Å². The first-order valence-electron chi connectivity index (χ1n) is 13.7. The van der Waals surface area contributed by atoms with Gasteiger partial charge in [-0.3, -0.25) is 4.98 Å². The molecule has 0 unspecified atom stereocenters. The van der Waals surface area contributed by atoms with Crippen LogP contribution in [0.3, 0.4) is 0 Å². The molecule has 2 aromatic heterocycles. The number of hydrogen-bond donors (Lipinski definition) is 0. The van der Waals surface area contributed by atoms with Gasteiger partial charge in [-0.05, 0) is 96.1 Å². The fourth-order valence-electron chi connectivity index (χ4n) is 5.18. The van der Waals surface area contributed by atoms with Crippen molar-refractivity contribution in [1.82, 2.24) is 4.98 Å². The predicted octanol–water partition coefficient (Wildman–Crippen LogP) is 9.09. The zero-order valence-electron chi connectivity index (χ0n) is 23.0. The van der Waals surface area contributed by atoms with Crippen LogP contribution in [0.25, 0.3) is 42.6 Å². The first kappa shape index (κ1) is 16.6. The molecule has 1 nitrogen and oxygen atoms in total. The largest absolute Gasteiger partial charge is 0.256 e. The van der Waals surface area contributed by atoms with E-state index in [1.54, 1.807) is 31.3 Å². The summed E-state index contributed by atoms with van der Waals surface area (Å²) in [7, 11) is 0. The SMILES string of the molecule is [2H]C([2H])([2H])c1cnc(-c2ccc3sc4cc(-c5cccc6c5CCCC6)ccc4c3c2)cc1C([2H])(C)C. The molecule has 0 bridgehead atoms. The van der Waals surface area contributed by atoms with E-state index in [1.165, 1.54) is 67.9 Å². The molecule has 3 aromatic carbocycles. The summed E-state index contributed by atoms with van der Waals surface area (Å²) in [5.74, 6) is -1.05. The molecule has 0 spiro atoms. The van der Waals surface area contributed by atoms with Gasteiger partial charge in [0.1, 0.15) is 0 Å². The molecule has 0 radical (unpaired) electrons. The van der Waals surface area contributed by atoms with Gasteiger partial charge < -0.3 is 0 Å². The van der Waals surface area contributed by atoms with Crippen LogP contribution in [0.4, 0.5) is 0 Å². The molecule has 0 fully saturated rings. The Morgan fingerprint density at radius 3 is 2.67 bits per heavy atom. The molecule has 2 heteroatoms. The number of pyridine rings is 1. The Morgan fingerprint density at radius 2 is 1.79 bits per heavy atom. The predicted molar refractivity (Wildman–Crippen MR) is 143 cm³/mol. The van der Waals surface area contributed by atoms with E-state index < -0.39 is 12.7 Å². The van der Waals surface area contributed by atoms with Crippen molar-refractivity contribution in [2.75, 3.05) is 0 Å². The number of nitrogens with zero attached hydrogens (tertiary/aromatic N) is 1. The zero-order valence-corrected chi connectivity index (χ0v) is 19.9. The van der Waals surface area contributed by atoms with Crippen molar-refractivity contribution in [2.24, 2.45) is 0 Å². The Bertz CT molecular complexity index is 1660. The Labute approximate surface area is 205 Å². The maximum absolute atomic E-state index is 8.54. The van der Waals surface area contributed by atoms with Gasteiger partial charge in [0, 0.05) is 37.4 Å². The van der Waals surface area contributed by atoms with Gasteiger partial charge in [-0.1, -0.05) is 50.2 Å². The quantitative estimate of drug-likeness (QED) is 0.266. The van der Waals surface area contributed by atoms with Crippen molar-refractivity contribution >= 4 is 31.5 Å². The third kappa shape index (κ3) is 3.57. The molecule has 0 aliphatic heterocycles. The molecule has 6 rings (SSSR count). The average Bonchev–Trinajstić information content (AvgIpc) is 3.24. The van der Waals surface area contributed by atoms with Crippen LogP contribution in [0, 0.1) is 6.85 Å². The van der Waals surface area contributed by atoms with E-state index in [0.29, 0.717) is 11.3 Å². The minimum absolute atomic E-state index is 0.147. The highest BCUT2D eigenvalue weighted by atomic mass is 32.1. The Kier molecular flexibility index (Phi) is 4.08. The lowest BCUT2D eigenvalue weighted by molar-refractivity contribution is 0.687. The lowest BCUT2D eigenvalue weighted by atomic mass is 9.86. The van der Waals surface area contributed by atoms with Crippen LogP contribution in [0.5, 0.6) is 0 Å². The lowest BCUT2D eigenvalue weighted by Gasteiger charge is -2.19. The summed E-state index contributed by atoms with van der Waals surface area (Å²) < 4.78 is 34.7. The molecule has 0 saturated heterocycles. The first-order valence-corrected chi connectivity index (χ1v) is 12.5. The highest BCUT2D eigenvalue weighted by Crippen LogP contribution is 2.40. The highest BCUT2D eigenvalue weighted by molar-refractivity contribution is 7.25. The number of hydrogen-bond acceptors (Lipinski definition) is 2. The highest BCUT2D eigenvalue weighted by Gasteiger charge is 2.15. The van der Waals surface area contributed by atoms with Crippen molar-refractivity contribution in [2.45, 2.75) is 52.3 Å². The fourth-order valence-corrected chi connectivity index (χ4v) is 6.31. The average molecular weight is 452 g/mol. The van der Waals surface area contributed by atoms with Gasteiger partial charge in [0.05, 0.1) is 5.69 Å². The van der Waals surface area contributed by atoms with Crippen molar-refractivity contribution in [3.8, 4) is 22.4 Å². The van der Waals surface area contributed by atoms with Gasteiger partial charge >= 0.3 is 0 Å². The number of benzene rings is 3. The molecule has 0 atom stereocenters. The van der Waals surface area contributed by atoms with E-state index in [9.17, 15) is 0 Å². The Morgan fingerprint density at radius 1 is 0.909 bits per heavy atom. The molecule has 5 aromatic rings. The van der Waals surface area contributed by atoms with Crippen LogP contribution in [0.1, 0.15) is 60.3 Å². The molecule has 1 aliphatic rings. The van der Waals surface area contributed by atoms with E-state index in [0.717, 1.165) is 12.0 Å². The second-order valence-corrected chi connectivity index (χ2v) is 10.4. The van der Waals surface area contributed by atoms with Crippen LogP contribution in [-0.2, 0) is 12.8 Å². The Balaban J connectivity index is 1.45. The Hall–Kier alpha value is -2.97. The normalized spacial score (nSPS) is 16.2. The van der Waals surface area contributed by atoms with Crippen LogP contribution < -0.4 is 0 Å². The van der Waals surface area contributed by atoms with Crippen molar-refractivity contribution in [3.63, 3.8) is 0 Å². The molecule has 0 amide bonds. The van der Waals surface area contributed by atoms with Gasteiger partial charge in [0.25, 0.3) is 0 Å². The molecular formula is C31H29NS. The topological polar surface area (TPSA) is 12.9 Å². The number of rotatable bonds is 3. The lowest BCUT2D eigenvalue weighted by Crippen LogP contribution is -2.04. The van der Waals surface area contributed by atoms with Crippen LogP contribution in [0.15, 0.2) is 66.9 Å². The fraction of sp³-hybridized carbons (Fsp3) is 0.258. The van der Waals surface area contributed by atoms with Crippen molar-refractivity contribution in [1.29, 1.82) is 0 Å². The molecule has 1 aliphatic carbocycles. The standard InChI is InChI=1S/C31H29NS/c1-19(2)27-17-29(32-18-20(27)3)23-12-14-30-28(15-23)26-13-11-22(16-31(26)33-30)25-10-6-8-21-7-4-5-9-24(21)25/h6,8,10-19H,4-5,7,9H2,1-3H3/i3D3,19D. The smallest absolute Gasteiger partial charge is 0.0705 e. The van der Waals surface area contributed by atoms with Gasteiger partial charge in [0.2, 0.25) is 0 Å². The zero-order chi connectivity index (χ0) is 25.9. The number of aryl methyl sites for hydroxylation is 2. The van der Waals surface area contributed by atoms with E-state index in [2.05, 4.69) is 53.5 Å². The molecule has 33 heavy (non-hydrogen) atoms. The summed E-state index contributed by atoms with van der Waals surface area (Å²) in [6, 6.07) is 21.6. The summed E-state index contributed by atoms with van der Waals surface area (Å²) in [5.41, 5.74) is 7.91. The molecule has 0 N–H and O–H groups in total. The van der Waals surface area contributed by atoms with Crippen LogP contribution in [-0.4, -0.2) is 4.98 Å². The summed E-state index contributed by atoms with van der Waals surface area (Å²) in [6.45, 7) is 1.14.